The summed E-state index contributed by atoms with van der Waals surface area (Å²) in [5.41, 5.74) is -1.32. The second-order valence-electron chi connectivity index (χ2n) is 5.02. The Morgan fingerprint density at radius 3 is 2.71 bits per heavy atom. The van der Waals surface area contributed by atoms with E-state index in [-0.39, 0.29) is 16.6 Å². The number of carbonyl (C=O) groups is 1. The fourth-order valence-electron chi connectivity index (χ4n) is 2.55. The van der Waals surface area contributed by atoms with Crippen LogP contribution in [0.3, 0.4) is 0 Å². The number of aliphatic hydroxyl groups is 1. The maximum absolute atomic E-state index is 13.1. The van der Waals surface area contributed by atoms with Gasteiger partial charge in [-0.25, -0.2) is 0 Å². The van der Waals surface area contributed by atoms with Crippen molar-refractivity contribution >= 4 is 21.8 Å². The van der Waals surface area contributed by atoms with E-state index in [4.69, 9.17) is 0 Å². The first-order valence-electron chi connectivity index (χ1n) is 6.63. The highest BCUT2D eigenvalue weighted by Crippen LogP contribution is 2.35. The molecule has 1 aromatic rings. The van der Waals surface area contributed by atoms with Crippen LogP contribution < -0.4 is 0 Å². The van der Waals surface area contributed by atoms with Gasteiger partial charge in [0.15, 0.2) is 0 Å². The van der Waals surface area contributed by atoms with Crippen LogP contribution in [0.15, 0.2) is 22.7 Å². The number of halogens is 4. The molecular formula is C14H15BrF3NO2. The standard InChI is InChI=1S/C14H15BrF3NO2/c15-9-4-5-11(12(7-9)14(16,17)18)13(21)19-6-2-1-3-10(19)8-20/h4-5,7,10,20H,1-3,6,8H2. The van der Waals surface area contributed by atoms with Gasteiger partial charge in [0, 0.05) is 11.0 Å². The Hall–Kier alpha value is -1.08. The Morgan fingerprint density at radius 1 is 1.38 bits per heavy atom. The van der Waals surface area contributed by atoms with Crippen molar-refractivity contribution in [3.8, 4) is 0 Å². The fourth-order valence-corrected chi connectivity index (χ4v) is 2.91. The van der Waals surface area contributed by atoms with E-state index in [0.717, 1.165) is 18.9 Å². The fraction of sp³-hybridized carbons (Fsp3) is 0.500. The van der Waals surface area contributed by atoms with Crippen molar-refractivity contribution in [1.82, 2.24) is 4.90 Å². The Balaban J connectivity index is 2.39. The van der Waals surface area contributed by atoms with Gasteiger partial charge in [-0.1, -0.05) is 15.9 Å². The maximum Gasteiger partial charge on any atom is 0.417 e. The highest BCUT2D eigenvalue weighted by atomic mass is 79.9. The largest absolute Gasteiger partial charge is 0.417 e. The van der Waals surface area contributed by atoms with Gasteiger partial charge in [-0.2, -0.15) is 13.2 Å². The molecule has 1 aliphatic heterocycles. The van der Waals surface area contributed by atoms with E-state index in [1.807, 2.05) is 0 Å². The van der Waals surface area contributed by atoms with E-state index < -0.39 is 23.7 Å². The molecule has 0 spiro atoms. The predicted molar refractivity (Wildman–Crippen MR) is 74.9 cm³/mol. The minimum atomic E-state index is -4.60. The smallest absolute Gasteiger partial charge is 0.394 e. The van der Waals surface area contributed by atoms with Crippen molar-refractivity contribution in [3.63, 3.8) is 0 Å². The molecule has 0 bridgehead atoms. The molecule has 1 unspecified atom stereocenters. The number of rotatable bonds is 2. The Labute approximate surface area is 128 Å². The zero-order valence-corrected chi connectivity index (χ0v) is 12.7. The third-order valence-electron chi connectivity index (χ3n) is 3.62. The summed E-state index contributed by atoms with van der Waals surface area (Å²) in [6, 6.07) is 3.10. The molecule has 0 radical (unpaired) electrons. The van der Waals surface area contributed by atoms with E-state index >= 15 is 0 Å². The zero-order chi connectivity index (χ0) is 15.6. The van der Waals surface area contributed by atoms with Crippen LogP contribution in [0.2, 0.25) is 0 Å². The lowest BCUT2D eigenvalue weighted by atomic mass is 9.99. The third kappa shape index (κ3) is 3.58. The molecule has 1 aromatic carbocycles. The predicted octanol–water partition coefficient (Wildman–Crippen LogP) is 3.45. The Bertz CT molecular complexity index is 533. The lowest BCUT2D eigenvalue weighted by Crippen LogP contribution is -2.46. The minimum absolute atomic E-state index is 0.233. The summed E-state index contributed by atoms with van der Waals surface area (Å²) in [4.78, 5) is 13.8. The van der Waals surface area contributed by atoms with Gasteiger partial charge in [0.25, 0.3) is 5.91 Å². The van der Waals surface area contributed by atoms with Crippen LogP contribution in [-0.2, 0) is 6.18 Å². The second-order valence-corrected chi connectivity index (χ2v) is 5.93. The average molecular weight is 366 g/mol. The number of benzene rings is 1. The number of amides is 1. The van der Waals surface area contributed by atoms with Crippen LogP contribution >= 0.6 is 15.9 Å². The van der Waals surface area contributed by atoms with Crippen LogP contribution in [0, 0.1) is 0 Å². The molecule has 1 atom stereocenters. The first-order chi connectivity index (χ1) is 9.84. The van der Waals surface area contributed by atoms with Gasteiger partial charge in [0.05, 0.1) is 23.8 Å². The van der Waals surface area contributed by atoms with Gasteiger partial charge in [-0.3, -0.25) is 4.79 Å². The molecule has 0 aromatic heterocycles. The zero-order valence-electron chi connectivity index (χ0n) is 11.2. The Morgan fingerprint density at radius 2 is 2.10 bits per heavy atom. The molecule has 3 nitrogen and oxygen atoms in total. The topological polar surface area (TPSA) is 40.5 Å². The number of hydrogen-bond acceptors (Lipinski definition) is 2. The van der Waals surface area contributed by atoms with Crippen molar-refractivity contribution in [2.24, 2.45) is 0 Å². The SMILES string of the molecule is O=C(c1ccc(Br)cc1C(F)(F)F)N1CCCCC1CO. The Kier molecular flexibility index (Phi) is 4.93. The summed E-state index contributed by atoms with van der Waals surface area (Å²) in [6.45, 7) is 0.140. The van der Waals surface area contributed by atoms with Crippen molar-refractivity contribution in [2.45, 2.75) is 31.5 Å². The number of hydrogen-bond donors (Lipinski definition) is 1. The number of nitrogens with zero attached hydrogens (tertiary/aromatic N) is 1. The summed E-state index contributed by atoms with van der Waals surface area (Å²) >= 11 is 2.99. The molecule has 1 aliphatic rings. The monoisotopic (exact) mass is 365 g/mol. The molecule has 1 amide bonds. The lowest BCUT2D eigenvalue weighted by Gasteiger charge is -2.35. The summed E-state index contributed by atoms with van der Waals surface area (Å²) in [5, 5.41) is 9.31. The number of aliphatic hydroxyl groups excluding tert-OH is 1. The van der Waals surface area contributed by atoms with Crippen LogP contribution in [0.5, 0.6) is 0 Å². The number of carbonyl (C=O) groups excluding carboxylic acids is 1. The molecule has 1 N–H and O–H groups in total. The van der Waals surface area contributed by atoms with Crippen LogP contribution in [0.25, 0.3) is 0 Å². The van der Waals surface area contributed by atoms with Gasteiger partial charge in [-0.15, -0.1) is 0 Å². The third-order valence-corrected chi connectivity index (χ3v) is 4.11. The summed E-state index contributed by atoms with van der Waals surface area (Å²) < 4.78 is 39.5. The first kappa shape index (κ1) is 16.3. The van der Waals surface area contributed by atoms with Gasteiger partial charge < -0.3 is 10.0 Å². The molecule has 1 fully saturated rings. The number of piperidine rings is 1. The molecule has 0 saturated carbocycles. The van der Waals surface area contributed by atoms with E-state index in [9.17, 15) is 23.1 Å². The number of alkyl halides is 3. The van der Waals surface area contributed by atoms with Crippen molar-refractivity contribution < 1.29 is 23.1 Å². The summed E-state index contributed by atoms with van der Waals surface area (Å²) in [7, 11) is 0. The number of likely N-dealkylation sites (tertiary alicyclic amines) is 1. The van der Waals surface area contributed by atoms with Crippen molar-refractivity contribution in [1.29, 1.82) is 0 Å². The van der Waals surface area contributed by atoms with Gasteiger partial charge in [0.2, 0.25) is 0 Å². The van der Waals surface area contributed by atoms with E-state index in [1.54, 1.807) is 0 Å². The molecule has 7 heteroatoms. The van der Waals surface area contributed by atoms with Crippen molar-refractivity contribution in [2.75, 3.05) is 13.2 Å². The van der Waals surface area contributed by atoms with Crippen LogP contribution in [0.4, 0.5) is 13.2 Å². The highest BCUT2D eigenvalue weighted by Gasteiger charge is 2.37. The normalized spacial score (nSPS) is 19.7. The second kappa shape index (κ2) is 6.36. The first-order valence-corrected chi connectivity index (χ1v) is 7.42. The lowest BCUT2D eigenvalue weighted by molar-refractivity contribution is -0.138. The van der Waals surface area contributed by atoms with E-state index in [0.29, 0.717) is 13.0 Å². The summed E-state index contributed by atoms with van der Waals surface area (Å²) in [6.07, 6.45) is -2.39. The highest BCUT2D eigenvalue weighted by molar-refractivity contribution is 9.10. The van der Waals surface area contributed by atoms with Gasteiger partial charge >= 0.3 is 6.18 Å². The van der Waals surface area contributed by atoms with Gasteiger partial charge in [-0.05, 0) is 37.5 Å². The van der Waals surface area contributed by atoms with Gasteiger partial charge in [0.1, 0.15) is 0 Å². The molecule has 1 heterocycles. The molecule has 2 rings (SSSR count). The van der Waals surface area contributed by atoms with Crippen LogP contribution in [-0.4, -0.2) is 35.1 Å². The summed E-state index contributed by atoms with van der Waals surface area (Å²) in [5.74, 6) is -0.673. The quantitative estimate of drug-likeness (QED) is 0.871. The molecule has 116 valence electrons. The van der Waals surface area contributed by atoms with Crippen molar-refractivity contribution in [3.05, 3.63) is 33.8 Å². The van der Waals surface area contributed by atoms with E-state index in [2.05, 4.69) is 15.9 Å². The average Bonchev–Trinajstić information content (AvgIpc) is 2.45. The maximum atomic E-state index is 13.1. The minimum Gasteiger partial charge on any atom is -0.394 e. The molecular weight excluding hydrogens is 351 g/mol. The molecule has 1 saturated heterocycles. The van der Waals surface area contributed by atoms with E-state index in [1.165, 1.54) is 17.0 Å². The van der Waals surface area contributed by atoms with Crippen LogP contribution in [0.1, 0.15) is 35.2 Å². The molecule has 0 aliphatic carbocycles. The molecule has 21 heavy (non-hydrogen) atoms.